The van der Waals surface area contributed by atoms with E-state index in [0.29, 0.717) is 55.0 Å². The molecule has 0 radical (unpaired) electrons. The second kappa shape index (κ2) is 13.0. The molecule has 0 amide bonds. The van der Waals surface area contributed by atoms with Crippen LogP contribution in [0.2, 0.25) is 0 Å². The Balaban J connectivity index is 1.23. The van der Waals surface area contributed by atoms with Crippen molar-refractivity contribution in [2.24, 2.45) is 7.05 Å². The first-order valence-electron chi connectivity index (χ1n) is 15.6. The van der Waals surface area contributed by atoms with Crippen LogP contribution in [0.3, 0.4) is 0 Å². The molecule has 0 bridgehead atoms. The lowest BCUT2D eigenvalue weighted by Gasteiger charge is -2.30. The summed E-state index contributed by atoms with van der Waals surface area (Å²) in [5.41, 5.74) is 5.03. The highest BCUT2D eigenvalue weighted by molar-refractivity contribution is 5.82. The van der Waals surface area contributed by atoms with Gasteiger partial charge >= 0.3 is 0 Å². The van der Waals surface area contributed by atoms with Crippen LogP contribution in [-0.4, -0.2) is 104 Å². The third-order valence-electron chi connectivity index (χ3n) is 8.57. The highest BCUT2D eigenvalue weighted by atomic mass is 16.5. The van der Waals surface area contributed by atoms with Crippen molar-refractivity contribution in [1.82, 2.24) is 44.1 Å². The van der Waals surface area contributed by atoms with Gasteiger partial charge in [-0.3, -0.25) is 18.9 Å². The van der Waals surface area contributed by atoms with E-state index >= 15 is 0 Å². The number of anilines is 2. The minimum atomic E-state index is -0.161. The topological polar surface area (TPSA) is 128 Å². The van der Waals surface area contributed by atoms with Crippen molar-refractivity contribution >= 4 is 22.7 Å². The summed E-state index contributed by atoms with van der Waals surface area (Å²) in [6.07, 6.45) is 7.14. The van der Waals surface area contributed by atoms with Crippen molar-refractivity contribution in [3.05, 3.63) is 76.6 Å². The number of pyridine rings is 1. The van der Waals surface area contributed by atoms with Gasteiger partial charge in [-0.15, -0.1) is 0 Å². The van der Waals surface area contributed by atoms with Crippen LogP contribution in [0.25, 0.3) is 33.7 Å². The second-order valence-electron chi connectivity index (χ2n) is 11.9. The Hall–Kier alpha value is -4.56. The number of morpholine rings is 2. The number of aryl methyl sites for hydroxylation is 2. The van der Waals surface area contributed by atoms with Gasteiger partial charge in [-0.1, -0.05) is 12.1 Å². The van der Waals surface area contributed by atoms with Gasteiger partial charge in [-0.2, -0.15) is 10.1 Å². The molecular formula is C33H38N10O3. The molecule has 1 unspecified atom stereocenters. The molecule has 1 N–H and O–H groups in total. The van der Waals surface area contributed by atoms with E-state index in [-0.39, 0.29) is 11.7 Å². The molecule has 2 aliphatic heterocycles. The Kier molecular flexibility index (Phi) is 8.54. The minimum Gasteiger partial charge on any atom is -0.379 e. The molecule has 46 heavy (non-hydrogen) atoms. The van der Waals surface area contributed by atoms with E-state index in [1.165, 1.54) is 0 Å². The number of nitrogens with zero attached hydrogens (tertiary/aromatic N) is 9. The number of fused-ring (bicyclic) bond motifs is 1. The summed E-state index contributed by atoms with van der Waals surface area (Å²) in [5, 5.41) is 8.33. The largest absolute Gasteiger partial charge is 0.379 e. The SMILES string of the molecule is Cc1cnc(-c2cnn(C)c2)nc1-c1cc2cnc(Nc3ccc(C4CN(C)CCO4)cc3)nc2n(CCN2CCOCC2)c1=O. The maximum absolute atomic E-state index is 14.3. The van der Waals surface area contributed by atoms with Crippen LogP contribution in [0.5, 0.6) is 0 Å². The molecule has 7 rings (SSSR count). The van der Waals surface area contributed by atoms with Gasteiger partial charge in [0.1, 0.15) is 5.65 Å². The van der Waals surface area contributed by atoms with Crippen LogP contribution in [0.4, 0.5) is 11.6 Å². The van der Waals surface area contributed by atoms with Gasteiger partial charge < -0.3 is 19.7 Å². The summed E-state index contributed by atoms with van der Waals surface area (Å²) >= 11 is 0. The third-order valence-corrected chi connectivity index (χ3v) is 8.57. The predicted molar refractivity (Wildman–Crippen MR) is 175 cm³/mol. The van der Waals surface area contributed by atoms with E-state index in [4.69, 9.17) is 19.4 Å². The van der Waals surface area contributed by atoms with E-state index in [2.05, 4.69) is 49.4 Å². The molecule has 238 valence electrons. The van der Waals surface area contributed by atoms with Crippen LogP contribution < -0.4 is 10.9 Å². The lowest BCUT2D eigenvalue weighted by molar-refractivity contribution is -0.0208. The zero-order chi connectivity index (χ0) is 31.6. The van der Waals surface area contributed by atoms with Crippen LogP contribution >= 0.6 is 0 Å². The van der Waals surface area contributed by atoms with Crippen molar-refractivity contribution in [3.63, 3.8) is 0 Å². The summed E-state index contributed by atoms with van der Waals surface area (Å²) in [5.74, 6) is 0.926. The number of hydrogen-bond donors (Lipinski definition) is 1. The first-order chi connectivity index (χ1) is 22.4. The molecule has 4 aromatic heterocycles. The van der Waals surface area contributed by atoms with E-state index in [0.717, 1.165) is 60.5 Å². The Labute approximate surface area is 266 Å². The fraction of sp³-hybridized carbons (Fsp3) is 0.394. The quantitative estimate of drug-likeness (QED) is 0.274. The summed E-state index contributed by atoms with van der Waals surface area (Å²) in [4.78, 5) is 37.7. The van der Waals surface area contributed by atoms with Crippen LogP contribution in [0, 0.1) is 6.92 Å². The van der Waals surface area contributed by atoms with Gasteiger partial charge in [-0.05, 0) is 43.3 Å². The average Bonchev–Trinajstić information content (AvgIpc) is 3.51. The molecule has 2 aliphatic rings. The van der Waals surface area contributed by atoms with E-state index in [1.54, 1.807) is 27.8 Å². The third kappa shape index (κ3) is 6.40. The van der Waals surface area contributed by atoms with E-state index in [1.807, 2.05) is 38.4 Å². The lowest BCUT2D eigenvalue weighted by Crippen LogP contribution is -2.39. The highest BCUT2D eigenvalue weighted by Crippen LogP contribution is 2.27. The number of hydrogen-bond acceptors (Lipinski definition) is 11. The molecule has 2 fully saturated rings. The molecule has 0 spiro atoms. The molecule has 6 heterocycles. The van der Waals surface area contributed by atoms with Gasteiger partial charge in [0, 0.05) is 76.0 Å². The van der Waals surface area contributed by atoms with Gasteiger partial charge in [0.15, 0.2) is 5.82 Å². The molecule has 5 aromatic rings. The lowest BCUT2D eigenvalue weighted by atomic mass is 10.1. The predicted octanol–water partition coefficient (Wildman–Crippen LogP) is 3.04. The molecule has 13 nitrogen and oxygen atoms in total. The molecule has 0 saturated carbocycles. The summed E-state index contributed by atoms with van der Waals surface area (Å²) in [6.45, 7) is 8.63. The van der Waals surface area contributed by atoms with Crippen molar-refractivity contribution < 1.29 is 9.47 Å². The van der Waals surface area contributed by atoms with Crippen molar-refractivity contribution in [2.75, 3.05) is 64.9 Å². The Bertz CT molecular complexity index is 1900. The standard InChI is InChI=1S/C33H38N10O3/c1-22-17-34-30(25-19-36-41(3)20-25)38-29(22)27-16-24-18-35-33(37-26-6-4-23(5-7-26)28-21-40(2)10-15-46-28)39-31(24)43(32(27)44)9-8-42-11-13-45-14-12-42/h4-7,16-20,28H,8-15,21H2,1-3H3,(H,35,37,39). The summed E-state index contributed by atoms with van der Waals surface area (Å²) in [6, 6.07) is 9.99. The number of rotatable bonds is 8. The molecular weight excluding hydrogens is 584 g/mol. The van der Waals surface area contributed by atoms with Crippen LogP contribution in [-0.2, 0) is 23.1 Å². The minimum absolute atomic E-state index is 0.0544. The van der Waals surface area contributed by atoms with Crippen LogP contribution in [0.15, 0.2) is 59.9 Å². The highest BCUT2D eigenvalue weighted by Gasteiger charge is 2.21. The molecule has 13 heteroatoms. The number of aromatic nitrogens is 7. The van der Waals surface area contributed by atoms with Gasteiger partial charge in [-0.25, -0.2) is 15.0 Å². The number of benzene rings is 1. The Morgan fingerprint density at radius 2 is 1.78 bits per heavy atom. The second-order valence-corrected chi connectivity index (χ2v) is 11.9. The molecule has 1 atom stereocenters. The van der Waals surface area contributed by atoms with E-state index < -0.39 is 0 Å². The van der Waals surface area contributed by atoms with Gasteiger partial charge in [0.25, 0.3) is 5.56 Å². The average molecular weight is 623 g/mol. The first-order valence-corrected chi connectivity index (χ1v) is 15.6. The Morgan fingerprint density at radius 3 is 2.54 bits per heavy atom. The molecule has 1 aromatic carbocycles. The van der Waals surface area contributed by atoms with Gasteiger partial charge in [0.2, 0.25) is 5.95 Å². The summed E-state index contributed by atoms with van der Waals surface area (Å²) in [7, 11) is 3.96. The monoisotopic (exact) mass is 622 g/mol. The fourth-order valence-corrected chi connectivity index (χ4v) is 5.94. The molecule has 0 aliphatic carbocycles. The normalized spacial score (nSPS) is 17.8. The smallest absolute Gasteiger partial charge is 0.261 e. The zero-order valence-corrected chi connectivity index (χ0v) is 26.4. The maximum Gasteiger partial charge on any atom is 0.261 e. The first kappa shape index (κ1) is 30.1. The van der Waals surface area contributed by atoms with E-state index in [9.17, 15) is 4.79 Å². The van der Waals surface area contributed by atoms with Crippen molar-refractivity contribution in [1.29, 1.82) is 0 Å². The number of nitrogens with one attached hydrogen (secondary N) is 1. The fourth-order valence-electron chi connectivity index (χ4n) is 5.94. The molecule has 2 saturated heterocycles. The van der Waals surface area contributed by atoms with Gasteiger partial charge in [0.05, 0.1) is 48.9 Å². The van der Waals surface area contributed by atoms with Crippen molar-refractivity contribution in [3.8, 4) is 22.6 Å². The van der Waals surface area contributed by atoms with Crippen LogP contribution in [0.1, 0.15) is 17.2 Å². The summed E-state index contributed by atoms with van der Waals surface area (Å²) < 4.78 is 15.0. The Morgan fingerprint density at radius 1 is 0.957 bits per heavy atom. The maximum atomic E-state index is 14.3. The number of likely N-dealkylation sites (N-methyl/N-ethyl adjacent to an activating group) is 1. The zero-order valence-electron chi connectivity index (χ0n) is 26.4. The van der Waals surface area contributed by atoms with Crippen molar-refractivity contribution in [2.45, 2.75) is 19.6 Å². The number of ether oxygens (including phenoxy) is 2.